The maximum absolute atomic E-state index is 13.6. The van der Waals surface area contributed by atoms with Gasteiger partial charge in [-0.25, -0.2) is 14.4 Å². The minimum atomic E-state index is -0.469. The molecular formula is C19H16ClFN4OS. The Kier molecular flexibility index (Phi) is 6.62. The quantitative estimate of drug-likeness (QED) is 0.446. The third kappa shape index (κ3) is 5.67. The zero-order valence-electron chi connectivity index (χ0n) is 14.2. The van der Waals surface area contributed by atoms with E-state index in [-0.39, 0.29) is 17.3 Å². The van der Waals surface area contributed by atoms with Gasteiger partial charge in [-0.2, -0.15) is 0 Å². The van der Waals surface area contributed by atoms with Gasteiger partial charge < -0.3 is 10.6 Å². The maximum atomic E-state index is 13.6. The maximum Gasteiger partial charge on any atom is 0.234 e. The van der Waals surface area contributed by atoms with Crippen molar-refractivity contribution in [1.82, 2.24) is 9.97 Å². The summed E-state index contributed by atoms with van der Waals surface area (Å²) in [6, 6.07) is 15.3. The summed E-state index contributed by atoms with van der Waals surface area (Å²) in [6.07, 6.45) is 1.42. The number of halogens is 2. The number of para-hydroxylation sites is 1. The van der Waals surface area contributed by atoms with Gasteiger partial charge in [0, 0.05) is 17.6 Å². The average molecular weight is 403 g/mol. The summed E-state index contributed by atoms with van der Waals surface area (Å²) in [4.78, 5) is 20.3. The highest BCUT2D eigenvalue weighted by atomic mass is 35.5. The SMILES string of the molecule is O=C(CSc1cc(NCc2ccccc2Cl)ncn1)Nc1ccccc1F. The summed E-state index contributed by atoms with van der Waals surface area (Å²) >= 11 is 7.38. The number of thioether (sulfide) groups is 1. The van der Waals surface area contributed by atoms with Crippen molar-refractivity contribution >= 4 is 40.8 Å². The third-order valence-corrected chi connectivity index (χ3v) is 4.85. The van der Waals surface area contributed by atoms with Crippen LogP contribution in [0.5, 0.6) is 0 Å². The molecule has 1 amide bonds. The molecule has 2 N–H and O–H groups in total. The van der Waals surface area contributed by atoms with Crippen LogP contribution in [0.2, 0.25) is 5.02 Å². The first-order valence-electron chi connectivity index (χ1n) is 8.08. The molecule has 0 aliphatic heterocycles. The van der Waals surface area contributed by atoms with Gasteiger partial charge >= 0.3 is 0 Å². The standard InChI is InChI=1S/C19H16ClFN4OS/c20-14-6-2-1-5-13(14)10-22-17-9-19(24-12-23-17)27-11-18(26)25-16-8-4-3-7-15(16)21/h1-9,12H,10-11H2,(H,25,26)(H,22,23,24). The zero-order valence-corrected chi connectivity index (χ0v) is 15.7. The number of nitrogens with one attached hydrogen (secondary N) is 2. The van der Waals surface area contributed by atoms with Crippen LogP contribution in [0, 0.1) is 5.82 Å². The predicted molar refractivity (Wildman–Crippen MR) is 107 cm³/mol. The number of aromatic nitrogens is 2. The molecule has 138 valence electrons. The predicted octanol–water partition coefficient (Wildman–Crippen LogP) is 4.61. The highest BCUT2D eigenvalue weighted by Crippen LogP contribution is 2.20. The molecular weight excluding hydrogens is 387 g/mol. The van der Waals surface area contributed by atoms with Gasteiger partial charge in [0.25, 0.3) is 0 Å². The summed E-state index contributed by atoms with van der Waals surface area (Å²) in [5.74, 6) is -0.0462. The molecule has 0 saturated carbocycles. The van der Waals surface area contributed by atoms with Gasteiger partial charge in [0.05, 0.1) is 11.4 Å². The number of anilines is 2. The summed E-state index contributed by atoms with van der Waals surface area (Å²) in [5, 5.41) is 7.03. The molecule has 27 heavy (non-hydrogen) atoms. The van der Waals surface area contributed by atoms with E-state index in [1.807, 2.05) is 24.3 Å². The van der Waals surface area contributed by atoms with E-state index >= 15 is 0 Å². The van der Waals surface area contributed by atoms with Gasteiger partial charge in [0.15, 0.2) is 0 Å². The van der Waals surface area contributed by atoms with Crippen LogP contribution in [0.1, 0.15) is 5.56 Å². The van der Waals surface area contributed by atoms with Gasteiger partial charge in [-0.3, -0.25) is 4.79 Å². The molecule has 0 bridgehead atoms. The lowest BCUT2D eigenvalue weighted by Crippen LogP contribution is -2.15. The van der Waals surface area contributed by atoms with Crippen LogP contribution < -0.4 is 10.6 Å². The Morgan fingerprint density at radius 1 is 1.11 bits per heavy atom. The topological polar surface area (TPSA) is 66.9 Å². The number of nitrogens with zero attached hydrogens (tertiary/aromatic N) is 2. The van der Waals surface area contributed by atoms with Crippen LogP contribution in [-0.4, -0.2) is 21.6 Å². The van der Waals surface area contributed by atoms with Crippen molar-refractivity contribution in [2.45, 2.75) is 11.6 Å². The fourth-order valence-electron chi connectivity index (χ4n) is 2.23. The lowest BCUT2D eigenvalue weighted by Gasteiger charge is -2.08. The van der Waals surface area contributed by atoms with E-state index in [4.69, 9.17) is 11.6 Å². The second kappa shape index (κ2) is 9.34. The van der Waals surface area contributed by atoms with Crippen molar-refractivity contribution in [1.29, 1.82) is 0 Å². The minimum Gasteiger partial charge on any atom is -0.366 e. The van der Waals surface area contributed by atoms with Crippen LogP contribution in [0.4, 0.5) is 15.9 Å². The summed E-state index contributed by atoms with van der Waals surface area (Å²) in [7, 11) is 0. The van der Waals surface area contributed by atoms with Crippen LogP contribution in [-0.2, 0) is 11.3 Å². The van der Waals surface area contributed by atoms with E-state index in [9.17, 15) is 9.18 Å². The van der Waals surface area contributed by atoms with Crippen molar-refractivity contribution in [2.24, 2.45) is 0 Å². The monoisotopic (exact) mass is 402 g/mol. The van der Waals surface area contributed by atoms with E-state index in [0.717, 1.165) is 5.56 Å². The van der Waals surface area contributed by atoms with Crippen molar-refractivity contribution in [2.75, 3.05) is 16.4 Å². The van der Waals surface area contributed by atoms with Crippen LogP contribution in [0.15, 0.2) is 66.0 Å². The van der Waals surface area contributed by atoms with Gasteiger partial charge in [0.1, 0.15) is 23.0 Å². The summed E-state index contributed by atoms with van der Waals surface area (Å²) < 4.78 is 13.6. The Labute approximate surface area is 165 Å². The molecule has 0 aliphatic rings. The number of carbonyl (C=O) groups excluding carboxylic acids is 1. The number of carbonyl (C=O) groups is 1. The molecule has 8 heteroatoms. The third-order valence-electron chi connectivity index (χ3n) is 3.56. The first kappa shape index (κ1) is 19.1. The summed E-state index contributed by atoms with van der Waals surface area (Å²) in [5.41, 5.74) is 1.11. The van der Waals surface area contributed by atoms with Crippen molar-refractivity contribution < 1.29 is 9.18 Å². The largest absolute Gasteiger partial charge is 0.366 e. The van der Waals surface area contributed by atoms with E-state index in [1.165, 1.54) is 30.2 Å². The number of benzene rings is 2. The van der Waals surface area contributed by atoms with Gasteiger partial charge in [-0.1, -0.05) is 53.7 Å². The fourth-order valence-corrected chi connectivity index (χ4v) is 3.10. The Morgan fingerprint density at radius 2 is 1.89 bits per heavy atom. The minimum absolute atomic E-state index is 0.106. The number of rotatable bonds is 7. The van der Waals surface area contributed by atoms with E-state index in [0.29, 0.717) is 22.4 Å². The number of amides is 1. The first-order valence-corrected chi connectivity index (χ1v) is 9.44. The van der Waals surface area contributed by atoms with E-state index in [1.54, 1.807) is 18.2 Å². The average Bonchev–Trinajstić information content (AvgIpc) is 2.68. The number of hydrogen-bond acceptors (Lipinski definition) is 5. The van der Waals surface area contributed by atoms with Crippen LogP contribution >= 0.6 is 23.4 Å². The van der Waals surface area contributed by atoms with Gasteiger partial charge in [-0.05, 0) is 23.8 Å². The Bertz CT molecular complexity index is 941. The molecule has 0 radical (unpaired) electrons. The molecule has 1 heterocycles. The first-order chi connectivity index (χ1) is 13.1. The molecule has 5 nitrogen and oxygen atoms in total. The lowest BCUT2D eigenvalue weighted by molar-refractivity contribution is -0.113. The molecule has 2 aromatic carbocycles. The molecule has 0 spiro atoms. The van der Waals surface area contributed by atoms with E-state index in [2.05, 4.69) is 20.6 Å². The van der Waals surface area contributed by atoms with E-state index < -0.39 is 5.82 Å². The molecule has 3 aromatic rings. The van der Waals surface area contributed by atoms with Crippen LogP contribution in [0.25, 0.3) is 0 Å². The summed E-state index contributed by atoms with van der Waals surface area (Å²) in [6.45, 7) is 0.522. The van der Waals surface area contributed by atoms with Gasteiger partial charge in [0.2, 0.25) is 5.91 Å². The molecule has 0 unspecified atom stereocenters. The Balaban J connectivity index is 1.54. The lowest BCUT2D eigenvalue weighted by atomic mass is 10.2. The molecule has 3 rings (SSSR count). The molecule has 0 fully saturated rings. The van der Waals surface area contributed by atoms with Crippen molar-refractivity contribution in [3.05, 3.63) is 77.3 Å². The van der Waals surface area contributed by atoms with Crippen molar-refractivity contribution in [3.8, 4) is 0 Å². The van der Waals surface area contributed by atoms with Crippen molar-refractivity contribution in [3.63, 3.8) is 0 Å². The molecule has 0 atom stereocenters. The smallest absolute Gasteiger partial charge is 0.234 e. The second-order valence-corrected chi connectivity index (χ2v) is 6.91. The Morgan fingerprint density at radius 3 is 2.70 bits per heavy atom. The number of hydrogen-bond donors (Lipinski definition) is 2. The Hall–Kier alpha value is -2.64. The zero-order chi connectivity index (χ0) is 19.1. The highest BCUT2D eigenvalue weighted by Gasteiger charge is 2.08. The molecule has 0 aliphatic carbocycles. The second-order valence-electron chi connectivity index (χ2n) is 5.50. The molecule has 0 saturated heterocycles. The highest BCUT2D eigenvalue weighted by molar-refractivity contribution is 7.99. The van der Waals surface area contributed by atoms with Gasteiger partial charge in [-0.15, -0.1) is 0 Å². The normalized spacial score (nSPS) is 10.4. The fraction of sp³-hybridized carbons (Fsp3) is 0.105. The molecule has 1 aromatic heterocycles. The van der Waals surface area contributed by atoms with Crippen LogP contribution in [0.3, 0.4) is 0 Å².